The number of benzene rings is 1. The first-order valence-electron chi connectivity index (χ1n) is 8.74. The Bertz CT molecular complexity index is 1110. The molecule has 0 spiro atoms. The maximum Gasteiger partial charge on any atom is 0.217 e. The van der Waals surface area contributed by atoms with Crippen LogP contribution < -0.4 is 4.57 Å². The molecule has 3 heterocycles. The Hall–Kier alpha value is -2.68. The van der Waals surface area contributed by atoms with Gasteiger partial charge >= 0.3 is 0 Å². The average molecular weight is 331 g/mol. The molecule has 0 radical (unpaired) electrons. The Morgan fingerprint density at radius 3 is 2.52 bits per heavy atom. The third-order valence-corrected chi connectivity index (χ3v) is 4.92. The number of nitrogens with zero attached hydrogens (tertiary/aromatic N) is 2. The number of pyridine rings is 2. The van der Waals surface area contributed by atoms with Gasteiger partial charge in [-0.2, -0.15) is 0 Å². The van der Waals surface area contributed by atoms with E-state index in [2.05, 4.69) is 73.9 Å². The van der Waals surface area contributed by atoms with E-state index < -0.39 is 0 Å². The van der Waals surface area contributed by atoms with Crippen molar-refractivity contribution in [2.24, 2.45) is 7.05 Å². The molecule has 0 N–H and O–H groups in total. The van der Waals surface area contributed by atoms with Crippen molar-refractivity contribution in [3.05, 3.63) is 59.5 Å². The summed E-state index contributed by atoms with van der Waals surface area (Å²) in [7, 11) is 2.07. The summed E-state index contributed by atoms with van der Waals surface area (Å²) in [6.07, 6.45) is 4.08. The summed E-state index contributed by atoms with van der Waals surface area (Å²) in [4.78, 5) is 4.67. The van der Waals surface area contributed by atoms with Crippen molar-refractivity contribution in [2.45, 2.75) is 33.6 Å². The van der Waals surface area contributed by atoms with Gasteiger partial charge in [-0.25, -0.2) is 4.57 Å². The van der Waals surface area contributed by atoms with Crippen LogP contribution in [0.25, 0.3) is 33.2 Å². The molecule has 0 unspecified atom stereocenters. The van der Waals surface area contributed by atoms with E-state index in [1.54, 1.807) is 0 Å². The van der Waals surface area contributed by atoms with Crippen LogP contribution >= 0.6 is 0 Å². The van der Waals surface area contributed by atoms with Crippen molar-refractivity contribution in [3.8, 4) is 11.3 Å². The van der Waals surface area contributed by atoms with Crippen LogP contribution in [0.2, 0.25) is 0 Å². The lowest BCUT2D eigenvalue weighted by Gasteiger charge is -2.05. The van der Waals surface area contributed by atoms with Crippen molar-refractivity contribution in [2.75, 3.05) is 0 Å². The van der Waals surface area contributed by atoms with Crippen LogP contribution in [-0.2, 0) is 7.05 Å². The summed E-state index contributed by atoms with van der Waals surface area (Å²) in [6, 6.07) is 10.7. The van der Waals surface area contributed by atoms with Gasteiger partial charge in [0.15, 0.2) is 11.8 Å². The Morgan fingerprint density at radius 1 is 1.00 bits per heavy atom. The number of aromatic nitrogens is 2. The monoisotopic (exact) mass is 331 g/mol. The summed E-state index contributed by atoms with van der Waals surface area (Å²) in [6.45, 7) is 8.55. The molecule has 4 aromatic rings. The van der Waals surface area contributed by atoms with Crippen molar-refractivity contribution < 1.29 is 8.98 Å². The van der Waals surface area contributed by atoms with Crippen LogP contribution in [0.15, 0.2) is 47.1 Å². The van der Waals surface area contributed by atoms with E-state index in [0.717, 1.165) is 38.9 Å². The fourth-order valence-electron chi connectivity index (χ4n) is 3.63. The molecule has 0 saturated heterocycles. The number of hydrogen-bond donors (Lipinski definition) is 0. The second-order valence-corrected chi connectivity index (χ2v) is 7.14. The lowest BCUT2D eigenvalue weighted by Crippen LogP contribution is -2.31. The molecule has 0 aliphatic carbocycles. The van der Waals surface area contributed by atoms with Gasteiger partial charge in [0.05, 0.1) is 5.69 Å². The van der Waals surface area contributed by atoms with Crippen molar-refractivity contribution in [3.63, 3.8) is 0 Å². The molecule has 0 atom stereocenters. The maximum absolute atomic E-state index is 6.44. The van der Waals surface area contributed by atoms with Crippen molar-refractivity contribution >= 4 is 21.9 Å². The summed E-state index contributed by atoms with van der Waals surface area (Å²) in [5, 5.41) is 2.23. The molecule has 4 rings (SSSR count). The van der Waals surface area contributed by atoms with E-state index in [-0.39, 0.29) is 0 Å². The Labute approximate surface area is 147 Å². The Balaban J connectivity index is 2.13. The molecule has 0 saturated carbocycles. The quantitative estimate of drug-likeness (QED) is 0.472. The van der Waals surface area contributed by atoms with Gasteiger partial charge in [0.1, 0.15) is 18.2 Å². The summed E-state index contributed by atoms with van der Waals surface area (Å²) in [5.41, 5.74) is 7.56. The van der Waals surface area contributed by atoms with Gasteiger partial charge in [0, 0.05) is 28.6 Å². The molecule has 126 valence electrons. The van der Waals surface area contributed by atoms with Crippen molar-refractivity contribution in [1.82, 2.24) is 4.98 Å². The van der Waals surface area contributed by atoms with E-state index in [9.17, 15) is 0 Å². The first-order chi connectivity index (χ1) is 12.0. The van der Waals surface area contributed by atoms with Gasteiger partial charge < -0.3 is 4.42 Å². The molecule has 0 bridgehead atoms. The molecule has 3 aromatic heterocycles. The molecular weight excluding hydrogens is 308 g/mol. The zero-order valence-corrected chi connectivity index (χ0v) is 15.4. The van der Waals surface area contributed by atoms with E-state index >= 15 is 0 Å². The first-order valence-corrected chi connectivity index (χ1v) is 8.74. The maximum atomic E-state index is 6.44. The fraction of sp³-hybridized carbons (Fsp3) is 0.273. The second kappa shape index (κ2) is 5.69. The number of hydrogen-bond acceptors (Lipinski definition) is 2. The molecule has 25 heavy (non-hydrogen) atoms. The van der Waals surface area contributed by atoms with Gasteiger partial charge in [0.25, 0.3) is 0 Å². The Morgan fingerprint density at radius 2 is 1.80 bits per heavy atom. The lowest BCUT2D eigenvalue weighted by atomic mass is 10.00. The predicted molar refractivity (Wildman–Crippen MR) is 102 cm³/mol. The molecule has 0 aliphatic heterocycles. The zero-order valence-electron chi connectivity index (χ0n) is 15.4. The largest absolute Gasteiger partial charge is 0.455 e. The van der Waals surface area contributed by atoms with Gasteiger partial charge in [-0.15, -0.1) is 0 Å². The van der Waals surface area contributed by atoms with Gasteiger partial charge in [-0.3, -0.25) is 4.98 Å². The number of rotatable bonds is 2. The minimum Gasteiger partial charge on any atom is -0.455 e. The summed E-state index contributed by atoms with van der Waals surface area (Å²) >= 11 is 0. The smallest absolute Gasteiger partial charge is 0.217 e. The fourth-order valence-corrected chi connectivity index (χ4v) is 3.63. The molecule has 1 aromatic carbocycles. The number of fused-ring (bicyclic) bond motifs is 3. The van der Waals surface area contributed by atoms with Crippen LogP contribution in [0.4, 0.5) is 0 Å². The average Bonchev–Trinajstić information content (AvgIpc) is 2.94. The normalized spacial score (nSPS) is 11.8. The van der Waals surface area contributed by atoms with Crippen LogP contribution in [0.5, 0.6) is 0 Å². The number of aryl methyl sites for hydroxylation is 3. The van der Waals surface area contributed by atoms with E-state index in [1.807, 2.05) is 13.1 Å². The molecule has 3 heteroatoms. The highest BCUT2D eigenvalue weighted by molar-refractivity contribution is 6.09. The highest BCUT2D eigenvalue weighted by Crippen LogP contribution is 2.38. The van der Waals surface area contributed by atoms with Gasteiger partial charge in [-0.05, 0) is 31.4 Å². The minimum absolute atomic E-state index is 0.414. The third-order valence-electron chi connectivity index (χ3n) is 4.92. The lowest BCUT2D eigenvalue weighted by molar-refractivity contribution is -0.660. The van der Waals surface area contributed by atoms with Crippen molar-refractivity contribution in [1.29, 1.82) is 0 Å². The Kier molecular flexibility index (Phi) is 3.60. The van der Waals surface area contributed by atoms with Crippen LogP contribution in [0.3, 0.4) is 0 Å². The topological polar surface area (TPSA) is 29.9 Å². The SMILES string of the molecule is Cc1ccc(-c2c(C)ncc3c2oc2c(C(C)C)cccc23)[n+](C)c1. The first kappa shape index (κ1) is 15.8. The van der Waals surface area contributed by atoms with Gasteiger partial charge in [0.2, 0.25) is 5.69 Å². The van der Waals surface area contributed by atoms with Crippen LogP contribution in [0, 0.1) is 13.8 Å². The molecule has 0 amide bonds. The van der Waals surface area contributed by atoms with E-state index in [0.29, 0.717) is 5.92 Å². The third kappa shape index (κ3) is 2.42. The highest BCUT2D eigenvalue weighted by atomic mass is 16.3. The predicted octanol–water partition coefficient (Wildman–Crippen LogP) is 5.21. The van der Waals surface area contributed by atoms with E-state index in [4.69, 9.17) is 4.42 Å². The summed E-state index contributed by atoms with van der Waals surface area (Å²) < 4.78 is 8.59. The second-order valence-electron chi connectivity index (χ2n) is 7.14. The number of para-hydroxylation sites is 1. The highest BCUT2D eigenvalue weighted by Gasteiger charge is 2.22. The van der Waals surface area contributed by atoms with Crippen LogP contribution in [0.1, 0.15) is 36.6 Å². The minimum atomic E-state index is 0.414. The molecule has 0 fully saturated rings. The standard InChI is InChI=1S/C22H23N2O/c1-13(2)16-7-6-8-17-18-11-23-15(4)20(22(18)25-21(16)17)19-10-9-14(3)12-24(19)5/h6-13H,1-5H3/q+1. The molecular formula is C22H23N2O+. The zero-order chi connectivity index (χ0) is 17.7. The molecule has 3 nitrogen and oxygen atoms in total. The van der Waals surface area contributed by atoms with E-state index in [1.165, 1.54) is 11.1 Å². The van der Waals surface area contributed by atoms with Gasteiger partial charge in [-0.1, -0.05) is 32.0 Å². The summed E-state index contributed by atoms with van der Waals surface area (Å²) in [5.74, 6) is 0.414. The number of furan rings is 1. The molecule has 0 aliphatic rings. The van der Waals surface area contributed by atoms with Crippen LogP contribution in [-0.4, -0.2) is 4.98 Å².